The van der Waals surface area contributed by atoms with Crippen LogP contribution in [0.1, 0.15) is 24.2 Å². The third-order valence-corrected chi connectivity index (χ3v) is 7.21. The summed E-state index contributed by atoms with van der Waals surface area (Å²) in [6, 6.07) is 4.81. The number of hydrogen-bond donors (Lipinski definition) is 1. The minimum absolute atomic E-state index is 0.0210. The Bertz CT molecular complexity index is 792. The number of amides is 1. The molecule has 2 fully saturated rings. The maximum Gasteiger partial charge on any atom is 0.254 e. The lowest BCUT2D eigenvalue weighted by molar-refractivity contribution is 0.0602. The summed E-state index contributed by atoms with van der Waals surface area (Å²) in [6.07, 6.45) is 0. The Morgan fingerprint density at radius 3 is 2.59 bits per heavy atom. The van der Waals surface area contributed by atoms with Gasteiger partial charge in [-0.15, -0.1) is 0 Å². The van der Waals surface area contributed by atoms with Crippen LogP contribution in [0.4, 0.5) is 0 Å². The van der Waals surface area contributed by atoms with Crippen molar-refractivity contribution in [2.75, 3.05) is 46.5 Å². The predicted molar refractivity (Wildman–Crippen MR) is 101 cm³/mol. The Morgan fingerprint density at radius 1 is 1.22 bits per heavy atom. The van der Waals surface area contributed by atoms with Gasteiger partial charge in [0.15, 0.2) is 0 Å². The van der Waals surface area contributed by atoms with E-state index < -0.39 is 10.0 Å². The number of sulfonamides is 1. The van der Waals surface area contributed by atoms with Crippen LogP contribution in [0.2, 0.25) is 0 Å². The van der Waals surface area contributed by atoms with Crippen LogP contribution in [0.3, 0.4) is 0 Å². The molecule has 2 saturated heterocycles. The van der Waals surface area contributed by atoms with Gasteiger partial charge in [-0.25, -0.2) is 8.42 Å². The molecule has 8 nitrogen and oxygen atoms in total. The first-order valence-corrected chi connectivity index (χ1v) is 10.6. The number of nitrogens with zero attached hydrogens (tertiary/aromatic N) is 2. The molecule has 2 unspecified atom stereocenters. The lowest BCUT2D eigenvalue weighted by Gasteiger charge is -2.38. The number of ether oxygens (including phenoxy) is 2. The van der Waals surface area contributed by atoms with Gasteiger partial charge in [0.05, 0.1) is 20.3 Å². The number of hydrogen-bond acceptors (Lipinski definition) is 6. The SMILES string of the molecule is COc1ccc(C(=O)N2CCNC(C)C2C)cc1S(=O)(=O)N1CCOCC1. The van der Waals surface area contributed by atoms with Crippen LogP contribution in [0.15, 0.2) is 23.1 Å². The first-order valence-electron chi connectivity index (χ1n) is 9.16. The van der Waals surface area contributed by atoms with Gasteiger partial charge in [0, 0.05) is 43.8 Å². The Balaban J connectivity index is 1.95. The monoisotopic (exact) mass is 397 g/mol. The highest BCUT2D eigenvalue weighted by atomic mass is 32.2. The number of methoxy groups -OCH3 is 1. The molecule has 1 N–H and O–H groups in total. The molecule has 2 atom stereocenters. The summed E-state index contributed by atoms with van der Waals surface area (Å²) >= 11 is 0. The summed E-state index contributed by atoms with van der Waals surface area (Å²) in [4.78, 5) is 14.8. The highest BCUT2D eigenvalue weighted by molar-refractivity contribution is 7.89. The van der Waals surface area contributed by atoms with Crippen LogP contribution in [0.5, 0.6) is 5.75 Å². The quantitative estimate of drug-likeness (QED) is 0.798. The van der Waals surface area contributed by atoms with E-state index in [0.29, 0.717) is 31.9 Å². The molecule has 0 aliphatic carbocycles. The van der Waals surface area contributed by atoms with Crippen molar-refractivity contribution >= 4 is 15.9 Å². The van der Waals surface area contributed by atoms with Gasteiger partial charge in [0.25, 0.3) is 5.91 Å². The molecule has 27 heavy (non-hydrogen) atoms. The predicted octanol–water partition coefficient (Wildman–Crippen LogP) is 0.539. The highest BCUT2D eigenvalue weighted by Crippen LogP contribution is 2.29. The van der Waals surface area contributed by atoms with Crippen LogP contribution < -0.4 is 10.1 Å². The van der Waals surface area contributed by atoms with Crippen LogP contribution in [-0.2, 0) is 14.8 Å². The van der Waals surface area contributed by atoms with Gasteiger partial charge < -0.3 is 19.7 Å². The van der Waals surface area contributed by atoms with Gasteiger partial charge in [-0.3, -0.25) is 4.79 Å². The average Bonchev–Trinajstić information content (AvgIpc) is 2.69. The number of carbonyl (C=O) groups is 1. The fourth-order valence-corrected chi connectivity index (χ4v) is 5.04. The van der Waals surface area contributed by atoms with Crippen molar-refractivity contribution in [3.63, 3.8) is 0 Å². The van der Waals surface area contributed by atoms with Crippen molar-refractivity contribution < 1.29 is 22.7 Å². The van der Waals surface area contributed by atoms with E-state index in [2.05, 4.69) is 5.32 Å². The van der Waals surface area contributed by atoms with E-state index in [-0.39, 0.29) is 41.7 Å². The molecule has 2 heterocycles. The average molecular weight is 397 g/mol. The zero-order valence-corrected chi connectivity index (χ0v) is 16.8. The lowest BCUT2D eigenvalue weighted by Crippen LogP contribution is -2.57. The zero-order valence-electron chi connectivity index (χ0n) is 16.0. The molecule has 3 rings (SSSR count). The zero-order chi connectivity index (χ0) is 19.6. The molecule has 1 amide bonds. The second-order valence-electron chi connectivity index (χ2n) is 6.86. The second kappa shape index (κ2) is 8.14. The van der Waals surface area contributed by atoms with Gasteiger partial charge in [0.1, 0.15) is 10.6 Å². The van der Waals surface area contributed by atoms with Crippen LogP contribution in [-0.4, -0.2) is 82.1 Å². The standard InChI is InChI=1S/C18H27N3O5S/c1-13-14(2)21(7-6-19-13)18(22)15-4-5-16(25-3)17(12-15)27(23,24)20-8-10-26-11-9-20/h4-5,12-14,19H,6-11H2,1-3H3. The van der Waals surface area contributed by atoms with Crippen LogP contribution in [0.25, 0.3) is 0 Å². The molecular formula is C18H27N3O5S. The summed E-state index contributed by atoms with van der Waals surface area (Å²) in [7, 11) is -2.34. The maximum atomic E-state index is 13.1. The van der Waals surface area contributed by atoms with Gasteiger partial charge in [-0.1, -0.05) is 0 Å². The molecule has 1 aromatic rings. The first kappa shape index (κ1) is 20.1. The molecular weight excluding hydrogens is 370 g/mol. The third-order valence-electron chi connectivity index (χ3n) is 5.29. The Hall–Kier alpha value is -1.68. The minimum atomic E-state index is -3.77. The molecule has 2 aliphatic rings. The molecule has 2 aliphatic heterocycles. The van der Waals surface area contributed by atoms with E-state index in [1.165, 1.54) is 17.5 Å². The molecule has 0 aromatic heterocycles. The van der Waals surface area contributed by atoms with Crippen molar-refractivity contribution in [1.82, 2.24) is 14.5 Å². The smallest absolute Gasteiger partial charge is 0.254 e. The number of piperazine rings is 1. The van der Waals surface area contributed by atoms with Gasteiger partial charge >= 0.3 is 0 Å². The summed E-state index contributed by atoms with van der Waals surface area (Å²) in [5, 5.41) is 3.34. The number of carbonyl (C=O) groups excluding carboxylic acids is 1. The van der Waals surface area contributed by atoms with E-state index >= 15 is 0 Å². The van der Waals surface area contributed by atoms with E-state index in [4.69, 9.17) is 9.47 Å². The molecule has 9 heteroatoms. The molecule has 1 aromatic carbocycles. The summed E-state index contributed by atoms with van der Waals surface area (Å²) in [6.45, 7) is 6.61. The first-order chi connectivity index (χ1) is 12.9. The number of rotatable bonds is 4. The second-order valence-corrected chi connectivity index (χ2v) is 8.77. The fourth-order valence-electron chi connectivity index (χ4n) is 3.45. The maximum absolute atomic E-state index is 13.1. The van der Waals surface area contributed by atoms with E-state index in [1.807, 2.05) is 13.8 Å². The Labute approximate surface area is 160 Å². The van der Waals surface area contributed by atoms with Gasteiger partial charge in [-0.2, -0.15) is 4.31 Å². The molecule has 150 valence electrons. The summed E-state index contributed by atoms with van der Waals surface area (Å²) in [5.74, 6) is 0.0664. The van der Waals surface area contributed by atoms with Crippen LogP contribution in [0, 0.1) is 0 Å². The molecule has 0 bridgehead atoms. The number of benzene rings is 1. The largest absolute Gasteiger partial charge is 0.495 e. The fraction of sp³-hybridized carbons (Fsp3) is 0.611. The van der Waals surface area contributed by atoms with Crippen LogP contribution >= 0.6 is 0 Å². The Kier molecular flexibility index (Phi) is 6.05. The highest BCUT2D eigenvalue weighted by Gasteiger charge is 2.32. The number of nitrogens with one attached hydrogen (secondary N) is 1. The summed E-state index contributed by atoms with van der Waals surface area (Å²) < 4.78 is 38.1. The topological polar surface area (TPSA) is 88.2 Å². The van der Waals surface area contributed by atoms with Gasteiger partial charge in [0.2, 0.25) is 10.0 Å². The molecule has 0 radical (unpaired) electrons. The van der Waals surface area contributed by atoms with Crippen molar-refractivity contribution in [2.24, 2.45) is 0 Å². The van der Waals surface area contributed by atoms with Crippen molar-refractivity contribution in [3.05, 3.63) is 23.8 Å². The van der Waals surface area contributed by atoms with Crippen molar-refractivity contribution in [1.29, 1.82) is 0 Å². The number of morpholine rings is 1. The van der Waals surface area contributed by atoms with E-state index in [9.17, 15) is 13.2 Å². The minimum Gasteiger partial charge on any atom is -0.495 e. The van der Waals surface area contributed by atoms with E-state index in [1.54, 1.807) is 17.0 Å². The third kappa shape index (κ3) is 3.96. The molecule has 0 saturated carbocycles. The van der Waals surface area contributed by atoms with E-state index in [0.717, 1.165) is 0 Å². The normalized spacial score (nSPS) is 24.6. The van der Waals surface area contributed by atoms with Crippen molar-refractivity contribution in [3.8, 4) is 5.75 Å². The lowest BCUT2D eigenvalue weighted by atomic mass is 10.1. The Morgan fingerprint density at radius 2 is 1.93 bits per heavy atom. The molecule has 0 spiro atoms. The summed E-state index contributed by atoms with van der Waals surface area (Å²) in [5.41, 5.74) is 0.351. The van der Waals surface area contributed by atoms with Gasteiger partial charge in [-0.05, 0) is 32.0 Å². The van der Waals surface area contributed by atoms with Crippen molar-refractivity contribution in [2.45, 2.75) is 30.8 Å².